The van der Waals surface area contributed by atoms with E-state index < -0.39 is 0 Å². The molecule has 1 aromatic heterocycles. The van der Waals surface area contributed by atoms with Gasteiger partial charge in [0.2, 0.25) is 0 Å². The van der Waals surface area contributed by atoms with Gasteiger partial charge in [0.15, 0.2) is 0 Å². The van der Waals surface area contributed by atoms with Crippen LogP contribution >= 0.6 is 0 Å². The van der Waals surface area contributed by atoms with Crippen LogP contribution in [0.15, 0.2) is 66.7 Å². The van der Waals surface area contributed by atoms with Gasteiger partial charge in [-0.2, -0.15) is 0 Å². The molecule has 0 atom stereocenters. The number of aryl methyl sites for hydroxylation is 1. The molecular formula is C22H18N2O2. The predicted molar refractivity (Wildman–Crippen MR) is 103 cm³/mol. The Morgan fingerprint density at radius 1 is 0.769 bits per heavy atom. The van der Waals surface area contributed by atoms with Gasteiger partial charge in [0.1, 0.15) is 17.0 Å². The zero-order valence-corrected chi connectivity index (χ0v) is 14.3. The first-order chi connectivity index (χ1) is 12.7. The summed E-state index contributed by atoms with van der Waals surface area (Å²) in [5.74, 6) is 0.315. The highest BCUT2D eigenvalue weighted by molar-refractivity contribution is 5.89. The first-order valence-corrected chi connectivity index (χ1v) is 8.54. The fraction of sp³-hybridized carbons (Fsp3) is 0.0909. The summed E-state index contributed by atoms with van der Waals surface area (Å²) in [6.45, 7) is 2.11. The second-order valence-electron chi connectivity index (χ2n) is 6.17. The fourth-order valence-electron chi connectivity index (χ4n) is 3.02. The smallest absolute Gasteiger partial charge is 0.143 e. The quantitative estimate of drug-likeness (QED) is 0.553. The van der Waals surface area contributed by atoms with Crippen molar-refractivity contribution in [2.24, 2.45) is 0 Å². The summed E-state index contributed by atoms with van der Waals surface area (Å²) in [4.78, 5) is 9.51. The zero-order valence-electron chi connectivity index (χ0n) is 14.3. The Labute approximate surface area is 151 Å². The first kappa shape index (κ1) is 16.1. The molecule has 2 N–H and O–H groups in total. The number of hydrogen-bond donors (Lipinski definition) is 2. The molecular weight excluding hydrogens is 324 g/mol. The van der Waals surface area contributed by atoms with Crippen molar-refractivity contribution in [3.05, 3.63) is 72.3 Å². The first-order valence-electron chi connectivity index (χ1n) is 8.54. The Hall–Kier alpha value is -3.40. The molecule has 0 spiro atoms. The van der Waals surface area contributed by atoms with Gasteiger partial charge in [0.05, 0.1) is 16.9 Å². The van der Waals surface area contributed by atoms with Gasteiger partial charge >= 0.3 is 0 Å². The average molecular weight is 342 g/mol. The second kappa shape index (κ2) is 6.48. The molecule has 4 nitrogen and oxygen atoms in total. The van der Waals surface area contributed by atoms with Gasteiger partial charge in [0.25, 0.3) is 0 Å². The van der Waals surface area contributed by atoms with Gasteiger partial charge in [-0.15, -0.1) is 0 Å². The lowest BCUT2D eigenvalue weighted by molar-refractivity contribution is 0.475. The van der Waals surface area contributed by atoms with Crippen LogP contribution in [0.5, 0.6) is 11.5 Å². The number of aromatic nitrogens is 2. The number of para-hydroxylation sites is 1. The maximum absolute atomic E-state index is 10.2. The summed E-state index contributed by atoms with van der Waals surface area (Å²) >= 11 is 0. The minimum atomic E-state index is 0.111. The van der Waals surface area contributed by atoms with E-state index in [-0.39, 0.29) is 11.5 Å². The molecule has 0 aliphatic rings. The van der Waals surface area contributed by atoms with Crippen molar-refractivity contribution in [1.29, 1.82) is 0 Å². The molecule has 128 valence electrons. The van der Waals surface area contributed by atoms with Crippen LogP contribution in [-0.4, -0.2) is 20.2 Å². The second-order valence-corrected chi connectivity index (χ2v) is 6.17. The van der Waals surface area contributed by atoms with Crippen LogP contribution in [-0.2, 0) is 6.42 Å². The lowest BCUT2D eigenvalue weighted by atomic mass is 10.0. The Morgan fingerprint density at radius 2 is 1.50 bits per heavy atom. The summed E-state index contributed by atoms with van der Waals surface area (Å²) < 4.78 is 0. The van der Waals surface area contributed by atoms with Crippen LogP contribution in [0.1, 0.15) is 12.5 Å². The van der Waals surface area contributed by atoms with Gasteiger partial charge in [0, 0.05) is 11.1 Å². The van der Waals surface area contributed by atoms with Crippen molar-refractivity contribution < 1.29 is 10.2 Å². The van der Waals surface area contributed by atoms with Crippen molar-refractivity contribution in [3.8, 4) is 34.0 Å². The third-order valence-corrected chi connectivity index (χ3v) is 4.42. The predicted octanol–water partition coefficient (Wildman–Crippen LogP) is 4.94. The van der Waals surface area contributed by atoms with Crippen molar-refractivity contribution in [2.45, 2.75) is 13.3 Å². The SMILES string of the molecule is CCc1cccc(-c2nc3c(O)cccc3nc2-c2ccc(O)cc2)c1. The number of rotatable bonds is 3. The van der Waals surface area contributed by atoms with Crippen LogP contribution in [0.3, 0.4) is 0 Å². The van der Waals surface area contributed by atoms with Crippen LogP contribution in [0, 0.1) is 0 Å². The molecule has 0 saturated carbocycles. The van der Waals surface area contributed by atoms with E-state index in [0.29, 0.717) is 16.7 Å². The van der Waals surface area contributed by atoms with E-state index in [0.717, 1.165) is 23.2 Å². The molecule has 0 amide bonds. The molecule has 3 aromatic carbocycles. The van der Waals surface area contributed by atoms with Gasteiger partial charge in [-0.05, 0) is 54.4 Å². The van der Waals surface area contributed by atoms with Gasteiger partial charge in [-0.3, -0.25) is 0 Å². The summed E-state index contributed by atoms with van der Waals surface area (Å²) in [6.07, 6.45) is 0.925. The highest BCUT2D eigenvalue weighted by Gasteiger charge is 2.15. The Morgan fingerprint density at radius 3 is 2.27 bits per heavy atom. The van der Waals surface area contributed by atoms with Gasteiger partial charge < -0.3 is 10.2 Å². The van der Waals surface area contributed by atoms with Crippen LogP contribution < -0.4 is 0 Å². The molecule has 4 heteroatoms. The van der Waals surface area contributed by atoms with E-state index in [1.165, 1.54) is 5.56 Å². The van der Waals surface area contributed by atoms with E-state index in [1.54, 1.807) is 24.3 Å². The minimum absolute atomic E-state index is 0.111. The molecule has 0 bridgehead atoms. The molecule has 26 heavy (non-hydrogen) atoms. The third-order valence-electron chi connectivity index (χ3n) is 4.42. The highest BCUT2D eigenvalue weighted by atomic mass is 16.3. The summed E-state index contributed by atoms with van der Waals surface area (Å²) in [6, 6.07) is 20.3. The highest BCUT2D eigenvalue weighted by Crippen LogP contribution is 2.34. The standard InChI is InChI=1S/C22H18N2O2/c1-2-14-5-3-6-16(13-14)21-20(15-9-11-17(25)12-10-15)23-18-7-4-8-19(26)22(18)24-21/h3-13,25-26H,2H2,1H3. The van der Waals surface area contributed by atoms with Gasteiger partial charge in [-0.1, -0.05) is 31.2 Å². The Bertz CT molecular complexity index is 1090. The molecule has 0 radical (unpaired) electrons. The van der Waals surface area contributed by atoms with E-state index in [4.69, 9.17) is 9.97 Å². The monoisotopic (exact) mass is 342 g/mol. The van der Waals surface area contributed by atoms with Gasteiger partial charge in [-0.25, -0.2) is 9.97 Å². The normalized spacial score (nSPS) is 11.0. The fourth-order valence-corrected chi connectivity index (χ4v) is 3.02. The van der Waals surface area contributed by atoms with E-state index >= 15 is 0 Å². The molecule has 0 aliphatic heterocycles. The molecule has 0 aliphatic carbocycles. The van der Waals surface area contributed by atoms with E-state index in [9.17, 15) is 10.2 Å². The molecule has 1 heterocycles. The number of aromatic hydroxyl groups is 2. The molecule has 0 fully saturated rings. The van der Waals surface area contributed by atoms with Crippen molar-refractivity contribution in [1.82, 2.24) is 9.97 Å². The van der Waals surface area contributed by atoms with Crippen LogP contribution in [0.2, 0.25) is 0 Å². The topological polar surface area (TPSA) is 66.2 Å². The summed E-state index contributed by atoms with van der Waals surface area (Å²) in [7, 11) is 0. The molecule has 0 saturated heterocycles. The maximum Gasteiger partial charge on any atom is 0.143 e. The Kier molecular flexibility index (Phi) is 4.01. The molecule has 0 unspecified atom stereocenters. The van der Waals surface area contributed by atoms with Crippen LogP contribution in [0.4, 0.5) is 0 Å². The number of fused-ring (bicyclic) bond motifs is 1. The number of hydrogen-bond acceptors (Lipinski definition) is 4. The van der Waals surface area contributed by atoms with Crippen molar-refractivity contribution in [3.63, 3.8) is 0 Å². The van der Waals surface area contributed by atoms with E-state index in [2.05, 4.69) is 19.1 Å². The average Bonchev–Trinajstić information content (AvgIpc) is 2.68. The number of benzene rings is 3. The lowest BCUT2D eigenvalue weighted by Crippen LogP contribution is -1.96. The minimum Gasteiger partial charge on any atom is -0.508 e. The lowest BCUT2D eigenvalue weighted by Gasteiger charge is -2.12. The number of phenolic OH excluding ortho intramolecular Hbond substituents is 2. The zero-order chi connectivity index (χ0) is 18.1. The Balaban J connectivity index is 2.03. The molecule has 4 aromatic rings. The maximum atomic E-state index is 10.2. The summed E-state index contributed by atoms with van der Waals surface area (Å²) in [5.41, 5.74) is 5.55. The van der Waals surface area contributed by atoms with Crippen molar-refractivity contribution >= 4 is 11.0 Å². The van der Waals surface area contributed by atoms with Crippen molar-refractivity contribution in [2.75, 3.05) is 0 Å². The number of phenols is 2. The number of nitrogens with zero attached hydrogens (tertiary/aromatic N) is 2. The largest absolute Gasteiger partial charge is 0.508 e. The molecule has 4 rings (SSSR count). The van der Waals surface area contributed by atoms with E-state index in [1.807, 2.05) is 30.3 Å². The third kappa shape index (κ3) is 2.86. The summed E-state index contributed by atoms with van der Waals surface area (Å²) in [5, 5.41) is 19.8. The van der Waals surface area contributed by atoms with Crippen LogP contribution in [0.25, 0.3) is 33.5 Å².